The third-order valence-electron chi connectivity index (χ3n) is 2.37. The maximum atomic E-state index is 5.54. The minimum atomic E-state index is -0.160. The van der Waals surface area contributed by atoms with Crippen LogP contribution in [-0.2, 0) is 9.31 Å². The van der Waals surface area contributed by atoms with Crippen LogP contribution in [0.15, 0.2) is 0 Å². The molecular formula is C10H23BO2. The van der Waals surface area contributed by atoms with Crippen LogP contribution < -0.4 is 0 Å². The summed E-state index contributed by atoms with van der Waals surface area (Å²) in [4.78, 5) is 0. The molecule has 1 aliphatic heterocycles. The van der Waals surface area contributed by atoms with Gasteiger partial charge >= 0.3 is 7.12 Å². The minimum absolute atomic E-state index is 0.0648. The predicted octanol–water partition coefficient (Wildman–Crippen LogP) is 3.12. The van der Waals surface area contributed by atoms with E-state index < -0.39 is 0 Å². The third-order valence-corrected chi connectivity index (χ3v) is 2.37. The number of rotatable bonds is 0. The van der Waals surface area contributed by atoms with Crippen LogP contribution in [0.2, 0.25) is 6.82 Å². The highest BCUT2D eigenvalue weighted by molar-refractivity contribution is 6.43. The van der Waals surface area contributed by atoms with Crippen molar-refractivity contribution >= 4 is 7.12 Å². The molecule has 0 aromatic rings. The fourth-order valence-electron chi connectivity index (χ4n) is 1.14. The van der Waals surface area contributed by atoms with E-state index in [0.29, 0.717) is 0 Å². The Morgan fingerprint density at radius 2 is 1.15 bits per heavy atom. The van der Waals surface area contributed by atoms with Crippen molar-refractivity contribution in [3.05, 3.63) is 0 Å². The van der Waals surface area contributed by atoms with Crippen LogP contribution >= 0.6 is 0 Å². The summed E-state index contributed by atoms with van der Waals surface area (Å²) >= 11 is 0. The largest absolute Gasteiger partial charge is 0.454 e. The first kappa shape index (κ1) is 13.0. The molecule has 78 valence electrons. The summed E-state index contributed by atoms with van der Waals surface area (Å²) in [5, 5.41) is 0. The molecule has 1 rings (SSSR count). The molecule has 13 heavy (non-hydrogen) atoms. The number of hydrogen-bond acceptors (Lipinski definition) is 2. The van der Waals surface area contributed by atoms with Crippen LogP contribution in [0.3, 0.4) is 0 Å². The van der Waals surface area contributed by atoms with Crippen molar-refractivity contribution in [2.45, 2.75) is 66.0 Å². The minimum Gasteiger partial charge on any atom is -0.403 e. The van der Waals surface area contributed by atoms with E-state index in [4.69, 9.17) is 9.31 Å². The van der Waals surface area contributed by atoms with Gasteiger partial charge in [0.1, 0.15) is 0 Å². The van der Waals surface area contributed by atoms with E-state index in [0.717, 1.165) is 0 Å². The molecule has 0 bridgehead atoms. The molecule has 0 N–H and O–H groups in total. The molecule has 0 radical (unpaired) electrons. The van der Waals surface area contributed by atoms with Gasteiger partial charge in [-0.15, -0.1) is 0 Å². The third kappa shape index (κ3) is 3.32. The Bertz CT molecular complexity index is 139. The van der Waals surface area contributed by atoms with Crippen LogP contribution in [-0.4, -0.2) is 18.3 Å². The van der Waals surface area contributed by atoms with Gasteiger partial charge in [-0.2, -0.15) is 0 Å². The van der Waals surface area contributed by atoms with Gasteiger partial charge in [0.25, 0.3) is 0 Å². The summed E-state index contributed by atoms with van der Waals surface area (Å²) in [6.07, 6.45) is 1.25. The van der Waals surface area contributed by atoms with Crippen LogP contribution in [0, 0.1) is 0 Å². The van der Waals surface area contributed by atoms with Crippen molar-refractivity contribution in [2.24, 2.45) is 0 Å². The molecule has 0 aromatic carbocycles. The Morgan fingerprint density at radius 3 is 1.23 bits per heavy atom. The second-order valence-electron chi connectivity index (χ2n) is 4.53. The van der Waals surface area contributed by atoms with Crippen LogP contribution in [0.1, 0.15) is 48.0 Å². The monoisotopic (exact) mass is 186 g/mol. The molecule has 3 heteroatoms. The quantitative estimate of drug-likeness (QED) is 0.541. The first-order valence-electron chi connectivity index (χ1n) is 5.12. The summed E-state index contributed by atoms with van der Waals surface area (Å²) < 4.78 is 11.1. The Labute approximate surface area is 83.1 Å². The lowest BCUT2D eigenvalue weighted by molar-refractivity contribution is 0.00578. The lowest BCUT2D eigenvalue weighted by atomic mass is 9.90. The zero-order chi connectivity index (χ0) is 10.7. The summed E-state index contributed by atoms with van der Waals surface area (Å²) in [6, 6.07) is 0. The molecule has 0 spiro atoms. The van der Waals surface area contributed by atoms with Crippen molar-refractivity contribution in [3.8, 4) is 0 Å². The highest BCUT2D eigenvalue weighted by Crippen LogP contribution is 2.36. The van der Waals surface area contributed by atoms with Gasteiger partial charge in [0.15, 0.2) is 0 Å². The van der Waals surface area contributed by atoms with Gasteiger partial charge in [-0.1, -0.05) is 20.3 Å². The average molecular weight is 186 g/mol. The Balaban J connectivity index is 0.000000424. The smallest absolute Gasteiger partial charge is 0.403 e. The lowest BCUT2D eigenvalue weighted by Gasteiger charge is -2.32. The lowest BCUT2D eigenvalue weighted by Crippen LogP contribution is -2.41. The molecule has 0 amide bonds. The average Bonchev–Trinajstić information content (AvgIpc) is 2.00. The fraction of sp³-hybridized carbons (Fsp3) is 1.00. The van der Waals surface area contributed by atoms with E-state index in [1.165, 1.54) is 6.42 Å². The molecule has 1 fully saturated rings. The van der Waals surface area contributed by atoms with E-state index in [1.54, 1.807) is 0 Å². The van der Waals surface area contributed by atoms with Gasteiger partial charge in [-0.25, -0.2) is 0 Å². The molecular weight excluding hydrogens is 163 g/mol. The highest BCUT2D eigenvalue weighted by atomic mass is 16.7. The first-order chi connectivity index (χ1) is 5.77. The highest BCUT2D eigenvalue weighted by Gasteiger charge is 2.48. The summed E-state index contributed by atoms with van der Waals surface area (Å²) in [7, 11) is -0.0648. The molecule has 0 saturated carbocycles. The topological polar surface area (TPSA) is 18.5 Å². The Morgan fingerprint density at radius 1 is 0.923 bits per heavy atom. The van der Waals surface area contributed by atoms with Gasteiger partial charge in [-0.05, 0) is 34.5 Å². The van der Waals surface area contributed by atoms with Crippen LogP contribution in [0.25, 0.3) is 0 Å². The molecule has 2 nitrogen and oxygen atoms in total. The van der Waals surface area contributed by atoms with E-state index in [1.807, 2.05) is 6.82 Å². The Kier molecular flexibility index (Phi) is 4.47. The van der Waals surface area contributed by atoms with E-state index >= 15 is 0 Å². The van der Waals surface area contributed by atoms with Gasteiger partial charge in [-0.3, -0.25) is 0 Å². The molecule has 0 aliphatic carbocycles. The second-order valence-corrected chi connectivity index (χ2v) is 4.53. The maximum absolute atomic E-state index is 5.54. The van der Waals surface area contributed by atoms with Crippen molar-refractivity contribution in [2.75, 3.05) is 0 Å². The molecule has 1 saturated heterocycles. The van der Waals surface area contributed by atoms with Crippen molar-refractivity contribution in [1.82, 2.24) is 0 Å². The van der Waals surface area contributed by atoms with Gasteiger partial charge in [0.05, 0.1) is 11.2 Å². The van der Waals surface area contributed by atoms with Gasteiger partial charge in [0.2, 0.25) is 0 Å². The van der Waals surface area contributed by atoms with Crippen molar-refractivity contribution < 1.29 is 9.31 Å². The van der Waals surface area contributed by atoms with Gasteiger partial charge < -0.3 is 9.31 Å². The Hall–Kier alpha value is -0.0151. The van der Waals surface area contributed by atoms with E-state index in [2.05, 4.69) is 41.5 Å². The summed E-state index contributed by atoms with van der Waals surface area (Å²) in [5.41, 5.74) is -0.321. The normalized spacial score (nSPS) is 23.8. The zero-order valence-corrected chi connectivity index (χ0v) is 10.1. The second kappa shape index (κ2) is 4.47. The van der Waals surface area contributed by atoms with Crippen LogP contribution in [0.4, 0.5) is 0 Å². The first-order valence-corrected chi connectivity index (χ1v) is 5.12. The molecule has 1 heterocycles. The maximum Gasteiger partial charge on any atom is 0.454 e. The number of hydrogen-bond donors (Lipinski definition) is 0. The molecule has 0 atom stereocenters. The van der Waals surface area contributed by atoms with E-state index in [-0.39, 0.29) is 18.3 Å². The molecule has 0 aromatic heterocycles. The summed E-state index contributed by atoms with van der Waals surface area (Å²) in [6.45, 7) is 14.4. The molecule has 1 aliphatic rings. The summed E-state index contributed by atoms with van der Waals surface area (Å²) in [5.74, 6) is 0. The standard InChI is InChI=1S/C7H15BO2.C3H8/c1-6(2)7(3,4)10-8(5)9-6;1-3-2/h1-5H3;3H2,1-2H3. The molecule has 0 unspecified atom stereocenters. The van der Waals surface area contributed by atoms with Gasteiger partial charge in [0, 0.05) is 0 Å². The van der Waals surface area contributed by atoms with Crippen molar-refractivity contribution in [1.29, 1.82) is 0 Å². The predicted molar refractivity (Wildman–Crippen MR) is 57.9 cm³/mol. The van der Waals surface area contributed by atoms with E-state index in [9.17, 15) is 0 Å². The van der Waals surface area contributed by atoms with Crippen molar-refractivity contribution in [3.63, 3.8) is 0 Å². The zero-order valence-electron chi connectivity index (χ0n) is 10.1. The fourth-order valence-corrected chi connectivity index (χ4v) is 1.14. The van der Waals surface area contributed by atoms with Crippen LogP contribution in [0.5, 0.6) is 0 Å². The SMILES string of the molecule is CB1OC(C)(C)C(C)(C)O1.CCC.